The summed E-state index contributed by atoms with van der Waals surface area (Å²) in [5, 5.41) is 0. The van der Waals surface area contributed by atoms with Crippen molar-refractivity contribution in [1.29, 1.82) is 0 Å². The van der Waals surface area contributed by atoms with Crippen molar-refractivity contribution in [3.05, 3.63) is 41.5 Å². The lowest BCUT2D eigenvalue weighted by molar-refractivity contribution is -0.155. The minimum Gasteiger partial charge on any atom is -0.493 e. The Morgan fingerprint density at radius 3 is 2.39 bits per heavy atom. The second kappa shape index (κ2) is 9.41. The molecule has 0 fully saturated rings. The van der Waals surface area contributed by atoms with Gasteiger partial charge in [-0.25, -0.2) is 0 Å². The highest BCUT2D eigenvalue weighted by Crippen LogP contribution is 2.47. The minimum absolute atomic E-state index is 0.0973. The fraction of sp³-hybridized carbons (Fsp3) is 0.440. The second-order valence-electron chi connectivity index (χ2n) is 8.24. The Bertz CT molecular complexity index is 976. The van der Waals surface area contributed by atoms with Gasteiger partial charge in [0, 0.05) is 17.5 Å². The van der Waals surface area contributed by atoms with Gasteiger partial charge >= 0.3 is 5.97 Å². The number of ether oxygens (including phenoxy) is 4. The molecule has 0 heterocycles. The molecule has 6 nitrogen and oxygen atoms in total. The third-order valence-corrected chi connectivity index (χ3v) is 5.44. The number of carbonyl (C=O) groups excluding carboxylic acids is 2. The molecule has 2 aromatic rings. The van der Waals surface area contributed by atoms with Gasteiger partial charge in [-0.05, 0) is 49.9 Å². The highest BCUT2D eigenvalue weighted by Gasteiger charge is 2.32. The number of Topliss-reactive ketones (excluding diaryl/α,β-unsaturated/α-hetero) is 1. The average molecular weight is 427 g/mol. The molecule has 0 N–H and O–H groups in total. The van der Waals surface area contributed by atoms with Crippen LogP contribution in [0.25, 0.3) is 11.1 Å². The molecule has 0 saturated heterocycles. The molecule has 1 aliphatic rings. The van der Waals surface area contributed by atoms with Crippen LogP contribution < -0.4 is 14.2 Å². The summed E-state index contributed by atoms with van der Waals surface area (Å²) in [5.74, 6) is 1.28. The van der Waals surface area contributed by atoms with E-state index in [9.17, 15) is 9.59 Å². The Morgan fingerprint density at radius 1 is 0.968 bits per heavy atom. The lowest BCUT2D eigenvalue weighted by Crippen LogP contribution is -2.33. The van der Waals surface area contributed by atoms with Crippen molar-refractivity contribution in [2.45, 2.75) is 40.0 Å². The van der Waals surface area contributed by atoms with Gasteiger partial charge in [0.15, 0.2) is 17.3 Å². The molecule has 0 unspecified atom stereocenters. The normalized spacial score (nSPS) is 13.0. The fourth-order valence-electron chi connectivity index (χ4n) is 3.70. The molecule has 2 aromatic carbocycles. The number of fused-ring (bicyclic) bond motifs is 1. The molecule has 0 aliphatic heterocycles. The molecule has 0 bridgehead atoms. The highest BCUT2D eigenvalue weighted by molar-refractivity contribution is 6.02. The lowest BCUT2D eigenvalue weighted by atomic mass is 9.94. The molecule has 6 heteroatoms. The SMILES string of the molecule is CCCOC(=O)C(C)(C)COc1c(-c2cccc3c2CCC3=O)ccc(OC)c1OC. The third-order valence-electron chi connectivity index (χ3n) is 5.44. The van der Waals surface area contributed by atoms with Gasteiger partial charge in [-0.2, -0.15) is 0 Å². The van der Waals surface area contributed by atoms with E-state index >= 15 is 0 Å². The van der Waals surface area contributed by atoms with Crippen molar-refractivity contribution in [3.63, 3.8) is 0 Å². The van der Waals surface area contributed by atoms with Crippen LogP contribution in [0.5, 0.6) is 17.2 Å². The van der Waals surface area contributed by atoms with E-state index < -0.39 is 5.41 Å². The predicted octanol–water partition coefficient (Wildman–Crippen LogP) is 4.86. The first kappa shape index (κ1) is 22.7. The molecule has 0 spiro atoms. The van der Waals surface area contributed by atoms with E-state index in [1.165, 1.54) is 0 Å². The van der Waals surface area contributed by atoms with E-state index in [4.69, 9.17) is 18.9 Å². The maximum absolute atomic E-state index is 12.5. The molecule has 0 aromatic heterocycles. The van der Waals surface area contributed by atoms with Gasteiger partial charge in [0.25, 0.3) is 0 Å². The standard InChI is InChI=1S/C25H30O6/c1-6-14-30-24(27)25(2,3)15-31-22-19(11-13-21(28-4)23(22)29-5)16-8-7-9-18-17(16)10-12-20(18)26/h7-9,11,13H,6,10,12,14-15H2,1-5H3. The molecule has 1 aliphatic carbocycles. The van der Waals surface area contributed by atoms with Crippen molar-refractivity contribution in [1.82, 2.24) is 0 Å². The zero-order valence-electron chi connectivity index (χ0n) is 18.9. The van der Waals surface area contributed by atoms with E-state index in [2.05, 4.69) is 0 Å². The van der Waals surface area contributed by atoms with Crippen LogP contribution in [0.15, 0.2) is 30.3 Å². The summed E-state index contributed by atoms with van der Waals surface area (Å²) < 4.78 is 22.6. The number of hydrogen-bond acceptors (Lipinski definition) is 6. The fourth-order valence-corrected chi connectivity index (χ4v) is 3.70. The predicted molar refractivity (Wildman–Crippen MR) is 118 cm³/mol. The van der Waals surface area contributed by atoms with Crippen molar-refractivity contribution >= 4 is 11.8 Å². The second-order valence-corrected chi connectivity index (χ2v) is 8.24. The van der Waals surface area contributed by atoms with Gasteiger partial charge in [-0.3, -0.25) is 9.59 Å². The van der Waals surface area contributed by atoms with Crippen LogP contribution in [0.1, 0.15) is 49.5 Å². The summed E-state index contributed by atoms with van der Waals surface area (Å²) in [6.07, 6.45) is 1.95. The lowest BCUT2D eigenvalue weighted by Gasteiger charge is -2.25. The summed E-state index contributed by atoms with van der Waals surface area (Å²) in [7, 11) is 3.11. The monoisotopic (exact) mass is 426 g/mol. The van der Waals surface area contributed by atoms with E-state index in [-0.39, 0.29) is 18.4 Å². The Morgan fingerprint density at radius 2 is 1.71 bits per heavy atom. The number of methoxy groups -OCH3 is 2. The molecule has 0 radical (unpaired) electrons. The number of carbonyl (C=O) groups is 2. The first-order chi connectivity index (χ1) is 14.8. The number of hydrogen-bond donors (Lipinski definition) is 0. The molecule has 0 amide bonds. The number of ketones is 1. The van der Waals surface area contributed by atoms with Gasteiger partial charge in [0.2, 0.25) is 5.75 Å². The summed E-state index contributed by atoms with van der Waals surface area (Å²) in [6.45, 7) is 6.00. The van der Waals surface area contributed by atoms with Gasteiger partial charge in [0.1, 0.15) is 6.61 Å². The first-order valence-corrected chi connectivity index (χ1v) is 10.5. The third kappa shape index (κ3) is 4.53. The zero-order valence-corrected chi connectivity index (χ0v) is 18.9. The zero-order chi connectivity index (χ0) is 22.6. The van der Waals surface area contributed by atoms with Gasteiger partial charge < -0.3 is 18.9 Å². The van der Waals surface area contributed by atoms with Crippen LogP contribution >= 0.6 is 0 Å². The largest absolute Gasteiger partial charge is 0.493 e. The van der Waals surface area contributed by atoms with Crippen LogP contribution in [0.4, 0.5) is 0 Å². The molecular formula is C25H30O6. The van der Waals surface area contributed by atoms with E-state index in [0.29, 0.717) is 36.7 Å². The van der Waals surface area contributed by atoms with Crippen LogP contribution in [-0.2, 0) is 16.0 Å². The molecule has 3 rings (SSSR count). The Labute approximate surface area is 183 Å². The molecular weight excluding hydrogens is 396 g/mol. The Hall–Kier alpha value is -3.02. The summed E-state index contributed by atoms with van der Waals surface area (Å²) in [6, 6.07) is 9.44. The van der Waals surface area contributed by atoms with Crippen LogP contribution in [0.2, 0.25) is 0 Å². The van der Waals surface area contributed by atoms with Crippen molar-refractivity contribution in [2.75, 3.05) is 27.4 Å². The number of rotatable bonds is 9. The molecule has 166 valence electrons. The highest BCUT2D eigenvalue weighted by atomic mass is 16.5. The number of benzene rings is 2. The quantitative estimate of drug-likeness (QED) is 0.534. The minimum atomic E-state index is -0.852. The molecule has 0 saturated carbocycles. The van der Waals surface area contributed by atoms with Crippen molar-refractivity contribution < 1.29 is 28.5 Å². The van der Waals surface area contributed by atoms with E-state index in [1.807, 2.05) is 37.3 Å². The average Bonchev–Trinajstić information content (AvgIpc) is 3.16. The molecule has 0 atom stereocenters. The summed E-state index contributed by atoms with van der Waals surface area (Å²) in [5.41, 5.74) is 2.62. The maximum atomic E-state index is 12.5. The van der Waals surface area contributed by atoms with Crippen LogP contribution in [-0.4, -0.2) is 39.2 Å². The van der Waals surface area contributed by atoms with E-state index in [1.54, 1.807) is 28.1 Å². The number of esters is 1. The maximum Gasteiger partial charge on any atom is 0.314 e. The first-order valence-electron chi connectivity index (χ1n) is 10.5. The smallest absolute Gasteiger partial charge is 0.314 e. The Balaban J connectivity index is 2.03. The van der Waals surface area contributed by atoms with Crippen LogP contribution in [0.3, 0.4) is 0 Å². The van der Waals surface area contributed by atoms with Crippen LogP contribution in [0, 0.1) is 5.41 Å². The Kier molecular flexibility index (Phi) is 6.88. The van der Waals surface area contributed by atoms with Crippen molar-refractivity contribution in [2.24, 2.45) is 5.41 Å². The van der Waals surface area contributed by atoms with E-state index in [0.717, 1.165) is 28.7 Å². The van der Waals surface area contributed by atoms with Gasteiger partial charge in [-0.1, -0.05) is 25.1 Å². The summed E-state index contributed by atoms with van der Waals surface area (Å²) in [4.78, 5) is 24.7. The topological polar surface area (TPSA) is 71.1 Å². The van der Waals surface area contributed by atoms with Crippen molar-refractivity contribution in [3.8, 4) is 28.4 Å². The molecule has 31 heavy (non-hydrogen) atoms. The van der Waals surface area contributed by atoms with Gasteiger partial charge in [0.05, 0.1) is 26.2 Å². The summed E-state index contributed by atoms with van der Waals surface area (Å²) >= 11 is 0. The van der Waals surface area contributed by atoms with Gasteiger partial charge in [-0.15, -0.1) is 0 Å².